The van der Waals surface area contributed by atoms with E-state index in [4.69, 9.17) is 0 Å². The van der Waals surface area contributed by atoms with Crippen molar-refractivity contribution in [3.05, 3.63) is 0 Å². The Hall–Kier alpha value is -0.370. The molecule has 0 aromatic heterocycles. The van der Waals surface area contributed by atoms with Crippen molar-refractivity contribution in [2.75, 3.05) is 0 Å². The van der Waals surface area contributed by atoms with Gasteiger partial charge in [-0.3, -0.25) is 4.79 Å². The van der Waals surface area contributed by atoms with E-state index in [1.165, 1.54) is 57.8 Å². The molecule has 5 saturated carbocycles. The van der Waals surface area contributed by atoms with Gasteiger partial charge in [0.15, 0.2) is 0 Å². The molecule has 5 fully saturated rings. The predicted molar refractivity (Wildman–Crippen MR) is 99.0 cm³/mol. The fourth-order valence-corrected chi connectivity index (χ4v) is 8.20. The molecule has 0 aromatic carbocycles. The molecule has 0 saturated heterocycles. The molecule has 0 radical (unpaired) electrons. The Bertz CT molecular complexity index is 562. The molecule has 0 amide bonds. The summed E-state index contributed by atoms with van der Waals surface area (Å²) in [4.78, 5) is 12.9. The molecule has 5 rings (SSSR count). The first-order valence-corrected chi connectivity index (χ1v) is 11.2. The maximum atomic E-state index is 12.9. The van der Waals surface area contributed by atoms with Crippen molar-refractivity contribution >= 4 is 5.78 Å². The molecule has 5 aliphatic carbocycles. The summed E-state index contributed by atoms with van der Waals surface area (Å²) < 4.78 is 0. The zero-order chi connectivity index (χ0) is 17.4. The summed E-state index contributed by atoms with van der Waals surface area (Å²) in [6.07, 6.45) is 13.5. The van der Waals surface area contributed by atoms with Crippen LogP contribution in [0, 0.1) is 46.8 Å². The van der Waals surface area contributed by atoms with Crippen LogP contribution in [0.5, 0.6) is 0 Å². The summed E-state index contributed by atoms with van der Waals surface area (Å²) in [5.74, 6) is 5.67. The predicted octanol–water partition coefficient (Wildman–Crippen LogP) is 4.99. The molecular weight excluding hydrogens is 308 g/mol. The number of hydrogen-bond donors (Lipinski definition) is 1. The second-order valence-electron chi connectivity index (χ2n) is 11.0. The number of rotatable bonds is 2. The number of carbonyl (C=O) groups excluding carboxylic acids is 1. The summed E-state index contributed by atoms with van der Waals surface area (Å²) >= 11 is 0. The highest BCUT2D eigenvalue weighted by Crippen LogP contribution is 2.65. The van der Waals surface area contributed by atoms with Crippen molar-refractivity contribution in [3.8, 4) is 0 Å². The van der Waals surface area contributed by atoms with Crippen LogP contribution in [0.15, 0.2) is 0 Å². The number of hydrogen-bond acceptors (Lipinski definition) is 2. The van der Waals surface area contributed by atoms with Crippen LogP contribution in [0.4, 0.5) is 0 Å². The number of ketones is 1. The lowest BCUT2D eigenvalue weighted by Gasteiger charge is -2.56. The highest BCUT2D eigenvalue weighted by atomic mass is 16.3. The van der Waals surface area contributed by atoms with Crippen molar-refractivity contribution in [2.24, 2.45) is 46.8 Å². The number of Topliss-reactive ketones (excluding diaryl/α,β-unsaturated/α-hetero) is 1. The van der Waals surface area contributed by atoms with Crippen LogP contribution in [0.3, 0.4) is 0 Å². The van der Waals surface area contributed by atoms with Crippen LogP contribution in [0.2, 0.25) is 0 Å². The molecule has 0 unspecified atom stereocenters. The smallest absolute Gasteiger partial charge is 0.139 e. The summed E-state index contributed by atoms with van der Waals surface area (Å²) in [7, 11) is 0. The van der Waals surface area contributed by atoms with Gasteiger partial charge in [0.1, 0.15) is 5.78 Å². The topological polar surface area (TPSA) is 37.3 Å². The van der Waals surface area contributed by atoms with E-state index in [2.05, 4.69) is 13.8 Å². The Morgan fingerprint density at radius 2 is 1.60 bits per heavy atom. The molecule has 2 nitrogen and oxygen atoms in total. The maximum absolute atomic E-state index is 12.9. The molecule has 1 N–H and O–H groups in total. The van der Waals surface area contributed by atoms with E-state index >= 15 is 0 Å². The SMILES string of the molecule is C[C@@]1(O)CC[C@H]2[C@H](CC[C@@H]3[C@@H]2CC[C@]2(C)[C@@H](C(=O)C4CC4)CC[C@@H]32)C1. The van der Waals surface area contributed by atoms with E-state index < -0.39 is 5.60 Å². The highest BCUT2D eigenvalue weighted by molar-refractivity contribution is 5.86. The molecule has 2 heteroatoms. The van der Waals surface area contributed by atoms with Crippen LogP contribution in [0.1, 0.15) is 84.5 Å². The molecule has 0 aromatic rings. The van der Waals surface area contributed by atoms with Crippen LogP contribution in [-0.4, -0.2) is 16.5 Å². The van der Waals surface area contributed by atoms with Gasteiger partial charge >= 0.3 is 0 Å². The van der Waals surface area contributed by atoms with Crippen molar-refractivity contribution in [1.82, 2.24) is 0 Å². The van der Waals surface area contributed by atoms with E-state index in [0.29, 0.717) is 23.0 Å². The normalized spacial score (nSPS) is 55.2. The summed E-state index contributed by atoms with van der Waals surface area (Å²) in [5.41, 5.74) is -0.0971. The lowest BCUT2D eigenvalue weighted by molar-refractivity contribution is -0.133. The zero-order valence-corrected chi connectivity index (χ0v) is 16.2. The van der Waals surface area contributed by atoms with Gasteiger partial charge in [0.05, 0.1) is 5.60 Å². The first-order valence-electron chi connectivity index (χ1n) is 11.2. The quantitative estimate of drug-likeness (QED) is 0.766. The number of carbonyl (C=O) groups is 1. The van der Waals surface area contributed by atoms with Gasteiger partial charge < -0.3 is 5.11 Å². The second kappa shape index (κ2) is 5.57. The van der Waals surface area contributed by atoms with Crippen molar-refractivity contribution in [3.63, 3.8) is 0 Å². The minimum absolute atomic E-state index is 0.313. The average molecular weight is 345 g/mol. The van der Waals surface area contributed by atoms with Gasteiger partial charge in [0, 0.05) is 11.8 Å². The van der Waals surface area contributed by atoms with E-state index in [1.807, 2.05) is 0 Å². The number of fused-ring (bicyclic) bond motifs is 5. The monoisotopic (exact) mass is 344 g/mol. The molecule has 0 aliphatic heterocycles. The Morgan fingerprint density at radius 3 is 2.36 bits per heavy atom. The van der Waals surface area contributed by atoms with Gasteiger partial charge in [-0.1, -0.05) is 6.92 Å². The first kappa shape index (κ1) is 16.8. The van der Waals surface area contributed by atoms with Gasteiger partial charge in [0.25, 0.3) is 0 Å². The zero-order valence-electron chi connectivity index (χ0n) is 16.2. The van der Waals surface area contributed by atoms with Gasteiger partial charge in [-0.15, -0.1) is 0 Å². The molecule has 0 heterocycles. The third kappa shape index (κ3) is 2.57. The molecule has 25 heavy (non-hydrogen) atoms. The molecule has 0 bridgehead atoms. The Kier molecular flexibility index (Phi) is 3.74. The molecular formula is C23H36O2. The van der Waals surface area contributed by atoms with Crippen LogP contribution in [0.25, 0.3) is 0 Å². The van der Waals surface area contributed by atoms with Crippen molar-refractivity contribution < 1.29 is 9.90 Å². The van der Waals surface area contributed by atoms with Crippen LogP contribution in [-0.2, 0) is 4.79 Å². The Balaban J connectivity index is 1.36. The van der Waals surface area contributed by atoms with Crippen LogP contribution >= 0.6 is 0 Å². The molecule has 0 spiro atoms. The third-order valence-corrected chi connectivity index (χ3v) is 9.56. The van der Waals surface area contributed by atoms with E-state index in [9.17, 15) is 9.90 Å². The number of aliphatic hydroxyl groups is 1. The minimum atomic E-state index is -0.410. The standard InChI is InChI=1S/C23H36O2/c1-22(25)11-9-16-15(13-22)5-6-18-17(16)10-12-23(2)19(18)7-8-20(23)21(24)14-3-4-14/h14-20,25H,3-13H2,1-2H3/t15-,16+,17-,18-,19+,20-,22-,23+/m1/s1. The lowest BCUT2D eigenvalue weighted by Crippen LogP contribution is -2.51. The summed E-state index contributed by atoms with van der Waals surface area (Å²) in [6, 6.07) is 0. The van der Waals surface area contributed by atoms with Crippen molar-refractivity contribution in [2.45, 2.75) is 90.1 Å². The first-order chi connectivity index (χ1) is 11.9. The summed E-state index contributed by atoms with van der Waals surface area (Å²) in [6.45, 7) is 4.54. The largest absolute Gasteiger partial charge is 0.390 e. The van der Waals surface area contributed by atoms with E-state index in [1.54, 1.807) is 0 Å². The lowest BCUT2D eigenvalue weighted by atomic mass is 9.49. The fourth-order valence-electron chi connectivity index (χ4n) is 8.20. The highest BCUT2D eigenvalue weighted by Gasteiger charge is 2.59. The van der Waals surface area contributed by atoms with E-state index in [-0.39, 0.29) is 0 Å². The Morgan fingerprint density at radius 1 is 0.840 bits per heavy atom. The minimum Gasteiger partial charge on any atom is -0.390 e. The molecule has 140 valence electrons. The van der Waals surface area contributed by atoms with Crippen molar-refractivity contribution in [1.29, 1.82) is 0 Å². The summed E-state index contributed by atoms with van der Waals surface area (Å²) in [5, 5.41) is 10.5. The second-order valence-corrected chi connectivity index (χ2v) is 11.0. The third-order valence-electron chi connectivity index (χ3n) is 9.56. The molecule has 8 atom stereocenters. The Labute approximate surface area is 153 Å². The van der Waals surface area contributed by atoms with Crippen LogP contribution < -0.4 is 0 Å². The maximum Gasteiger partial charge on any atom is 0.139 e. The van der Waals surface area contributed by atoms with Gasteiger partial charge in [0.2, 0.25) is 0 Å². The van der Waals surface area contributed by atoms with Gasteiger partial charge in [-0.25, -0.2) is 0 Å². The average Bonchev–Trinajstić information content (AvgIpc) is 3.35. The molecule has 5 aliphatic rings. The van der Waals surface area contributed by atoms with Gasteiger partial charge in [-0.2, -0.15) is 0 Å². The van der Waals surface area contributed by atoms with Gasteiger partial charge in [-0.05, 0) is 113 Å². The fraction of sp³-hybridized carbons (Fsp3) is 0.957. The van der Waals surface area contributed by atoms with E-state index in [0.717, 1.165) is 42.4 Å².